The maximum atomic E-state index is 6.39. The van der Waals surface area contributed by atoms with E-state index in [1.807, 2.05) is 0 Å². The molecule has 0 saturated carbocycles. The summed E-state index contributed by atoms with van der Waals surface area (Å²) in [5, 5.41) is 0.768. The van der Waals surface area contributed by atoms with E-state index >= 15 is 0 Å². The highest BCUT2D eigenvalue weighted by atomic mass is 35.5. The Bertz CT molecular complexity index is 805. The Morgan fingerprint density at radius 2 is 1.75 bits per heavy atom. The van der Waals surface area contributed by atoms with Gasteiger partial charge in [0.2, 0.25) is 6.79 Å². The summed E-state index contributed by atoms with van der Waals surface area (Å²) < 4.78 is 16.2. The van der Waals surface area contributed by atoms with Crippen LogP contribution in [0.5, 0.6) is 17.2 Å². The van der Waals surface area contributed by atoms with Gasteiger partial charge >= 0.3 is 0 Å². The van der Waals surface area contributed by atoms with Crippen molar-refractivity contribution in [2.45, 2.75) is 0 Å². The molecule has 0 unspecified atom stereocenters. The minimum Gasteiger partial charge on any atom is -0.497 e. The first-order chi connectivity index (χ1) is 11.7. The maximum absolute atomic E-state index is 6.39. The first kappa shape index (κ1) is 16.5. The summed E-state index contributed by atoms with van der Waals surface area (Å²) in [7, 11) is 1.61. The normalized spacial score (nSPS) is 10.5. The minimum absolute atomic E-state index is 0.0343. The van der Waals surface area contributed by atoms with E-state index in [2.05, 4.69) is 9.97 Å². The first-order valence-electron chi connectivity index (χ1n) is 7.06. The highest BCUT2D eigenvalue weighted by Crippen LogP contribution is 2.39. The zero-order valence-corrected chi connectivity index (χ0v) is 14.3. The van der Waals surface area contributed by atoms with E-state index < -0.39 is 0 Å². The van der Waals surface area contributed by atoms with Gasteiger partial charge in [-0.1, -0.05) is 23.2 Å². The number of imidazole rings is 1. The van der Waals surface area contributed by atoms with Gasteiger partial charge in [-0.25, -0.2) is 4.98 Å². The number of H-pyrrole nitrogens is 1. The molecule has 0 saturated heterocycles. The Labute approximate surface area is 149 Å². The molecule has 2 aromatic carbocycles. The molecule has 124 valence electrons. The number of nitrogens with zero attached hydrogens (tertiary/aromatic N) is 1. The van der Waals surface area contributed by atoms with E-state index in [0.29, 0.717) is 32.9 Å². The fourth-order valence-corrected chi connectivity index (χ4v) is 2.66. The lowest BCUT2D eigenvalue weighted by molar-refractivity contribution is 0.120. The lowest BCUT2D eigenvalue weighted by Crippen LogP contribution is -2.06. The minimum atomic E-state index is -0.0343. The molecular formula is C17H14Cl2N2O3. The third kappa shape index (κ3) is 3.58. The molecule has 0 aliphatic carbocycles. The SMILES string of the molecule is COc1ccc(OCOc2c(Cl)ccc(-c3ncc[nH]3)c2Cl)cc1. The number of ether oxygens (including phenoxy) is 3. The summed E-state index contributed by atoms with van der Waals surface area (Å²) in [5.41, 5.74) is 0.700. The van der Waals surface area contributed by atoms with Gasteiger partial charge in [-0.15, -0.1) is 0 Å². The van der Waals surface area contributed by atoms with Gasteiger partial charge in [0.25, 0.3) is 0 Å². The van der Waals surface area contributed by atoms with Crippen molar-refractivity contribution in [1.82, 2.24) is 9.97 Å². The number of hydrogen-bond acceptors (Lipinski definition) is 4. The molecule has 0 radical (unpaired) electrons. The van der Waals surface area contributed by atoms with Crippen LogP contribution in [0.2, 0.25) is 10.0 Å². The van der Waals surface area contributed by atoms with Crippen molar-refractivity contribution in [2.24, 2.45) is 0 Å². The second-order valence-corrected chi connectivity index (χ2v) is 5.54. The molecule has 24 heavy (non-hydrogen) atoms. The van der Waals surface area contributed by atoms with Crippen LogP contribution in [0.3, 0.4) is 0 Å². The van der Waals surface area contributed by atoms with Crippen LogP contribution in [0.4, 0.5) is 0 Å². The van der Waals surface area contributed by atoms with Crippen molar-refractivity contribution in [3.05, 3.63) is 58.8 Å². The molecule has 0 aliphatic rings. The van der Waals surface area contributed by atoms with E-state index in [9.17, 15) is 0 Å². The summed E-state index contributed by atoms with van der Waals surface area (Å²) in [6.07, 6.45) is 3.36. The van der Waals surface area contributed by atoms with Crippen LogP contribution in [0.25, 0.3) is 11.4 Å². The van der Waals surface area contributed by atoms with Crippen molar-refractivity contribution < 1.29 is 14.2 Å². The predicted molar refractivity (Wildman–Crippen MR) is 93.2 cm³/mol. The molecule has 0 fully saturated rings. The highest BCUT2D eigenvalue weighted by Gasteiger charge is 2.15. The van der Waals surface area contributed by atoms with Crippen molar-refractivity contribution in [3.63, 3.8) is 0 Å². The highest BCUT2D eigenvalue weighted by molar-refractivity contribution is 6.38. The monoisotopic (exact) mass is 364 g/mol. The van der Waals surface area contributed by atoms with E-state index in [1.54, 1.807) is 55.9 Å². The fourth-order valence-electron chi connectivity index (χ4n) is 2.09. The summed E-state index contributed by atoms with van der Waals surface area (Å²) in [6.45, 7) is -0.0343. The fraction of sp³-hybridized carbons (Fsp3) is 0.118. The van der Waals surface area contributed by atoms with Crippen LogP contribution in [0.15, 0.2) is 48.8 Å². The van der Waals surface area contributed by atoms with Gasteiger partial charge in [-0.3, -0.25) is 0 Å². The zero-order valence-electron chi connectivity index (χ0n) is 12.8. The molecule has 3 rings (SSSR count). The van der Waals surface area contributed by atoms with Gasteiger partial charge in [-0.2, -0.15) is 0 Å². The number of aromatic nitrogens is 2. The van der Waals surface area contributed by atoms with Gasteiger partial charge in [0, 0.05) is 18.0 Å². The van der Waals surface area contributed by atoms with Gasteiger partial charge in [0.1, 0.15) is 17.3 Å². The second kappa shape index (κ2) is 7.47. The van der Waals surface area contributed by atoms with Crippen LogP contribution in [0, 0.1) is 0 Å². The van der Waals surface area contributed by atoms with Gasteiger partial charge in [0.05, 0.1) is 17.2 Å². The molecule has 5 nitrogen and oxygen atoms in total. The largest absolute Gasteiger partial charge is 0.497 e. The topological polar surface area (TPSA) is 56.4 Å². The number of nitrogens with one attached hydrogen (secondary N) is 1. The first-order valence-corrected chi connectivity index (χ1v) is 7.82. The average molecular weight is 365 g/mol. The lowest BCUT2D eigenvalue weighted by Gasteiger charge is -2.13. The maximum Gasteiger partial charge on any atom is 0.231 e. The Morgan fingerprint density at radius 1 is 1.00 bits per heavy atom. The van der Waals surface area contributed by atoms with Crippen LogP contribution in [0.1, 0.15) is 0 Å². The van der Waals surface area contributed by atoms with Crippen molar-refractivity contribution >= 4 is 23.2 Å². The van der Waals surface area contributed by atoms with Crippen LogP contribution < -0.4 is 14.2 Å². The molecule has 0 atom stereocenters. The summed E-state index contributed by atoms with van der Waals surface area (Å²) in [5.74, 6) is 2.38. The van der Waals surface area contributed by atoms with Crippen molar-refractivity contribution in [1.29, 1.82) is 0 Å². The molecule has 0 spiro atoms. The standard InChI is InChI=1S/C17H14Cl2N2O3/c1-22-11-2-4-12(5-3-11)23-10-24-16-14(18)7-6-13(15(16)19)17-20-8-9-21-17/h2-9H,10H2,1H3,(H,20,21). The van der Waals surface area contributed by atoms with Crippen molar-refractivity contribution in [2.75, 3.05) is 13.9 Å². The third-order valence-corrected chi connectivity index (χ3v) is 3.96. The molecule has 7 heteroatoms. The Morgan fingerprint density at radius 3 is 2.42 bits per heavy atom. The Hall–Kier alpha value is -2.37. The van der Waals surface area contributed by atoms with E-state index in [-0.39, 0.29) is 6.79 Å². The van der Waals surface area contributed by atoms with Crippen LogP contribution >= 0.6 is 23.2 Å². The third-order valence-electron chi connectivity index (χ3n) is 3.29. The number of rotatable bonds is 6. The van der Waals surface area contributed by atoms with Gasteiger partial charge in [-0.05, 0) is 36.4 Å². The van der Waals surface area contributed by atoms with Gasteiger partial charge < -0.3 is 19.2 Å². The Kier molecular flexibility index (Phi) is 5.13. The van der Waals surface area contributed by atoms with E-state index in [0.717, 1.165) is 5.75 Å². The quantitative estimate of drug-likeness (QED) is 0.637. The molecule has 1 N–H and O–H groups in total. The Balaban J connectivity index is 1.71. The summed E-state index contributed by atoms with van der Waals surface area (Å²) >= 11 is 12.6. The molecule has 3 aromatic rings. The predicted octanol–water partition coefficient (Wildman–Crippen LogP) is 4.81. The number of halogens is 2. The molecule has 0 bridgehead atoms. The van der Waals surface area contributed by atoms with E-state index in [1.165, 1.54) is 0 Å². The smallest absolute Gasteiger partial charge is 0.231 e. The summed E-state index contributed by atoms with van der Waals surface area (Å²) in [4.78, 5) is 7.18. The van der Waals surface area contributed by atoms with E-state index in [4.69, 9.17) is 37.4 Å². The van der Waals surface area contributed by atoms with Crippen molar-refractivity contribution in [3.8, 4) is 28.6 Å². The number of aromatic amines is 1. The van der Waals surface area contributed by atoms with Gasteiger partial charge in [0.15, 0.2) is 5.75 Å². The summed E-state index contributed by atoms with van der Waals surface area (Å²) in [6, 6.07) is 10.6. The zero-order chi connectivity index (χ0) is 16.9. The number of methoxy groups -OCH3 is 1. The van der Waals surface area contributed by atoms with Crippen LogP contribution in [-0.2, 0) is 0 Å². The number of benzene rings is 2. The van der Waals surface area contributed by atoms with Crippen LogP contribution in [-0.4, -0.2) is 23.9 Å². The molecule has 0 aliphatic heterocycles. The lowest BCUT2D eigenvalue weighted by atomic mass is 10.2. The average Bonchev–Trinajstić information content (AvgIpc) is 3.13. The number of hydrogen-bond donors (Lipinski definition) is 1. The molecule has 1 heterocycles. The molecule has 1 aromatic heterocycles. The molecule has 0 amide bonds. The molecular weight excluding hydrogens is 351 g/mol. The second-order valence-electron chi connectivity index (χ2n) is 4.76.